The predicted octanol–water partition coefficient (Wildman–Crippen LogP) is 1.01. The third-order valence-electron chi connectivity index (χ3n) is 3.64. The molecule has 1 aliphatic heterocycles. The Morgan fingerprint density at radius 1 is 1.42 bits per heavy atom. The normalized spacial score (nSPS) is 24.1. The summed E-state index contributed by atoms with van der Waals surface area (Å²) in [6.45, 7) is 4.61. The third kappa shape index (κ3) is 4.33. The number of aliphatic hydroxyl groups excluding tert-OH is 1. The first-order valence-electron chi connectivity index (χ1n) is 6.86. The second-order valence-corrected chi connectivity index (χ2v) is 5.33. The minimum absolute atomic E-state index is 0.0486. The van der Waals surface area contributed by atoms with Crippen LogP contribution in [0.15, 0.2) is 30.3 Å². The number of nitrogens with zero attached hydrogens (tertiary/aromatic N) is 1. The maximum Gasteiger partial charge on any atom is 0.234 e. The lowest BCUT2D eigenvalue weighted by Gasteiger charge is -2.33. The highest BCUT2D eigenvalue weighted by atomic mass is 16.3. The fraction of sp³-hybridized carbons (Fsp3) is 0.533. The lowest BCUT2D eigenvalue weighted by atomic mass is 9.97. The summed E-state index contributed by atoms with van der Waals surface area (Å²) in [4.78, 5) is 14.0. The van der Waals surface area contributed by atoms with E-state index in [1.54, 1.807) is 0 Å². The van der Waals surface area contributed by atoms with Crippen molar-refractivity contribution in [2.45, 2.75) is 26.0 Å². The molecular weight excluding hydrogens is 240 g/mol. The smallest absolute Gasteiger partial charge is 0.234 e. The Morgan fingerprint density at radius 3 is 2.84 bits per heavy atom. The van der Waals surface area contributed by atoms with Gasteiger partial charge in [-0.2, -0.15) is 0 Å². The van der Waals surface area contributed by atoms with Crippen LogP contribution in [0.5, 0.6) is 0 Å². The van der Waals surface area contributed by atoms with Gasteiger partial charge in [-0.3, -0.25) is 9.69 Å². The number of rotatable bonds is 4. The molecular formula is C15H22N2O2. The van der Waals surface area contributed by atoms with Crippen LogP contribution in [0.3, 0.4) is 0 Å². The van der Waals surface area contributed by atoms with E-state index in [1.807, 2.05) is 37.3 Å². The van der Waals surface area contributed by atoms with Gasteiger partial charge < -0.3 is 10.4 Å². The van der Waals surface area contributed by atoms with Crippen molar-refractivity contribution < 1.29 is 9.90 Å². The molecule has 1 heterocycles. The van der Waals surface area contributed by atoms with E-state index in [4.69, 9.17) is 0 Å². The van der Waals surface area contributed by atoms with E-state index >= 15 is 0 Å². The molecule has 0 radical (unpaired) electrons. The van der Waals surface area contributed by atoms with Crippen LogP contribution in [0.2, 0.25) is 0 Å². The molecule has 0 bridgehead atoms. The average molecular weight is 262 g/mol. The highest BCUT2D eigenvalue weighted by Gasteiger charge is 2.25. The molecule has 2 atom stereocenters. The summed E-state index contributed by atoms with van der Waals surface area (Å²) in [6.07, 6.45) is 0.538. The summed E-state index contributed by atoms with van der Waals surface area (Å²) in [5, 5.41) is 12.6. The van der Waals surface area contributed by atoms with Crippen molar-refractivity contribution in [1.82, 2.24) is 10.2 Å². The average Bonchev–Trinajstić information content (AvgIpc) is 2.42. The third-order valence-corrected chi connectivity index (χ3v) is 3.64. The monoisotopic (exact) mass is 262 g/mol. The zero-order valence-electron chi connectivity index (χ0n) is 11.4. The van der Waals surface area contributed by atoms with Crippen LogP contribution >= 0.6 is 0 Å². The number of hydrogen-bond acceptors (Lipinski definition) is 3. The van der Waals surface area contributed by atoms with Gasteiger partial charge in [0.2, 0.25) is 5.91 Å². The van der Waals surface area contributed by atoms with Crippen LogP contribution in [0.25, 0.3) is 0 Å². The van der Waals surface area contributed by atoms with Crippen LogP contribution in [0.4, 0.5) is 0 Å². The van der Waals surface area contributed by atoms with Gasteiger partial charge in [-0.15, -0.1) is 0 Å². The highest BCUT2D eigenvalue weighted by Crippen LogP contribution is 2.15. The summed E-state index contributed by atoms with van der Waals surface area (Å²) in [7, 11) is 0. The number of carbonyl (C=O) groups excluding carboxylic acids is 1. The second kappa shape index (κ2) is 6.68. The van der Waals surface area contributed by atoms with Crippen LogP contribution < -0.4 is 5.32 Å². The predicted molar refractivity (Wildman–Crippen MR) is 74.5 cm³/mol. The molecule has 1 amide bonds. The molecule has 0 saturated carbocycles. The Balaban J connectivity index is 1.73. The molecule has 2 N–H and O–H groups in total. The number of carbonyl (C=O) groups is 1. The Labute approximate surface area is 114 Å². The Bertz CT molecular complexity index is 408. The van der Waals surface area contributed by atoms with Crippen molar-refractivity contribution in [3.05, 3.63) is 35.9 Å². The molecule has 1 aromatic carbocycles. The van der Waals surface area contributed by atoms with E-state index in [1.165, 1.54) is 0 Å². The maximum atomic E-state index is 11.9. The largest absolute Gasteiger partial charge is 0.393 e. The number of piperidine rings is 1. The van der Waals surface area contributed by atoms with E-state index in [-0.39, 0.29) is 17.9 Å². The van der Waals surface area contributed by atoms with Crippen LogP contribution in [-0.2, 0) is 11.3 Å². The van der Waals surface area contributed by atoms with Gasteiger partial charge in [0.15, 0.2) is 0 Å². The summed E-state index contributed by atoms with van der Waals surface area (Å²) in [5.74, 6) is 0.295. The molecule has 1 aromatic rings. The summed E-state index contributed by atoms with van der Waals surface area (Å²) >= 11 is 0. The summed E-state index contributed by atoms with van der Waals surface area (Å²) in [6, 6.07) is 9.90. The number of nitrogens with one attached hydrogen (secondary N) is 1. The fourth-order valence-corrected chi connectivity index (χ4v) is 2.42. The van der Waals surface area contributed by atoms with Gasteiger partial charge in [0.25, 0.3) is 0 Å². The fourth-order valence-electron chi connectivity index (χ4n) is 2.42. The molecule has 4 heteroatoms. The number of aliphatic hydroxyl groups is 1. The lowest BCUT2D eigenvalue weighted by molar-refractivity contribution is -0.123. The zero-order valence-corrected chi connectivity index (χ0v) is 11.4. The van der Waals surface area contributed by atoms with E-state index in [0.717, 1.165) is 25.1 Å². The number of likely N-dealkylation sites (tertiary alicyclic amines) is 1. The van der Waals surface area contributed by atoms with Crippen molar-refractivity contribution in [3.8, 4) is 0 Å². The SMILES string of the molecule is CC1CN(CC(=O)NCc2ccccc2)CCC1O. The van der Waals surface area contributed by atoms with Gasteiger partial charge in [0.1, 0.15) is 0 Å². The number of benzene rings is 1. The minimum Gasteiger partial charge on any atom is -0.393 e. The molecule has 0 aliphatic carbocycles. The Kier molecular flexibility index (Phi) is 4.93. The molecule has 1 fully saturated rings. The first-order chi connectivity index (χ1) is 9.15. The maximum absolute atomic E-state index is 11.9. The van der Waals surface area contributed by atoms with Gasteiger partial charge in [-0.25, -0.2) is 0 Å². The Morgan fingerprint density at radius 2 is 2.16 bits per heavy atom. The summed E-state index contributed by atoms with van der Waals surface area (Å²) < 4.78 is 0. The Hall–Kier alpha value is -1.39. The number of amides is 1. The first kappa shape index (κ1) is 14.0. The van der Waals surface area contributed by atoms with Crippen LogP contribution in [0.1, 0.15) is 18.9 Å². The molecule has 2 unspecified atom stereocenters. The molecule has 19 heavy (non-hydrogen) atoms. The van der Waals surface area contributed by atoms with E-state index in [0.29, 0.717) is 13.1 Å². The molecule has 0 spiro atoms. The van der Waals surface area contributed by atoms with Gasteiger partial charge in [-0.1, -0.05) is 37.3 Å². The summed E-state index contributed by atoms with van der Waals surface area (Å²) in [5.41, 5.74) is 1.11. The zero-order chi connectivity index (χ0) is 13.7. The van der Waals surface area contributed by atoms with Crippen molar-refractivity contribution >= 4 is 5.91 Å². The van der Waals surface area contributed by atoms with Gasteiger partial charge in [0.05, 0.1) is 12.6 Å². The van der Waals surface area contributed by atoms with E-state index in [2.05, 4.69) is 10.2 Å². The molecule has 1 saturated heterocycles. The second-order valence-electron chi connectivity index (χ2n) is 5.33. The van der Waals surface area contributed by atoms with Crippen molar-refractivity contribution in [2.75, 3.05) is 19.6 Å². The molecule has 1 aliphatic rings. The van der Waals surface area contributed by atoms with Crippen molar-refractivity contribution in [2.24, 2.45) is 5.92 Å². The molecule has 2 rings (SSSR count). The first-order valence-corrected chi connectivity index (χ1v) is 6.86. The molecule has 104 valence electrons. The van der Waals surface area contributed by atoms with Crippen LogP contribution in [0, 0.1) is 5.92 Å². The van der Waals surface area contributed by atoms with Gasteiger partial charge in [-0.05, 0) is 17.9 Å². The molecule has 0 aromatic heterocycles. The van der Waals surface area contributed by atoms with Crippen molar-refractivity contribution in [3.63, 3.8) is 0 Å². The minimum atomic E-state index is -0.219. The van der Waals surface area contributed by atoms with Crippen LogP contribution in [-0.4, -0.2) is 41.7 Å². The quantitative estimate of drug-likeness (QED) is 0.851. The lowest BCUT2D eigenvalue weighted by Crippen LogP contribution is -2.46. The standard InChI is InChI=1S/C15H22N2O2/c1-12-10-17(8-7-14(12)18)11-15(19)16-9-13-5-3-2-4-6-13/h2-6,12,14,18H,7-11H2,1H3,(H,16,19). The van der Waals surface area contributed by atoms with Crippen molar-refractivity contribution in [1.29, 1.82) is 0 Å². The number of hydrogen-bond donors (Lipinski definition) is 2. The van der Waals surface area contributed by atoms with E-state index < -0.39 is 0 Å². The highest BCUT2D eigenvalue weighted by molar-refractivity contribution is 5.78. The van der Waals surface area contributed by atoms with Gasteiger partial charge >= 0.3 is 0 Å². The topological polar surface area (TPSA) is 52.6 Å². The van der Waals surface area contributed by atoms with E-state index in [9.17, 15) is 9.90 Å². The molecule has 4 nitrogen and oxygen atoms in total. The van der Waals surface area contributed by atoms with Gasteiger partial charge in [0, 0.05) is 19.6 Å².